The first-order valence-electron chi connectivity index (χ1n) is 6.43. The Kier molecular flexibility index (Phi) is 3.84. The van der Waals surface area contributed by atoms with Crippen LogP contribution in [0.5, 0.6) is 5.75 Å². The summed E-state index contributed by atoms with van der Waals surface area (Å²) in [6.45, 7) is 0.334. The minimum atomic E-state index is -0.365. The highest BCUT2D eigenvalue weighted by atomic mass is 32.1. The molecule has 112 valence electrons. The average molecular weight is 316 g/mol. The van der Waals surface area contributed by atoms with Crippen molar-refractivity contribution in [3.8, 4) is 5.75 Å². The second kappa shape index (κ2) is 5.94. The summed E-state index contributed by atoms with van der Waals surface area (Å²) in [5, 5.41) is 2.74. The second-order valence-corrected chi connectivity index (χ2v) is 5.08. The van der Waals surface area contributed by atoms with E-state index in [4.69, 9.17) is 4.74 Å². The molecule has 2 aromatic heterocycles. The number of ether oxygens (including phenoxy) is 1. The highest BCUT2D eigenvalue weighted by Gasteiger charge is 2.09. The van der Waals surface area contributed by atoms with Crippen LogP contribution in [0.25, 0.3) is 11.0 Å². The molecule has 1 aromatic carbocycles. The molecule has 2 N–H and O–H groups in total. The molecule has 3 aromatic rings. The van der Waals surface area contributed by atoms with Gasteiger partial charge in [0.05, 0.1) is 18.8 Å². The topological polar surface area (TPSA) is 97.0 Å². The van der Waals surface area contributed by atoms with E-state index in [9.17, 15) is 9.59 Å². The fourth-order valence-electron chi connectivity index (χ4n) is 1.96. The Morgan fingerprint density at radius 3 is 2.91 bits per heavy atom. The molecule has 22 heavy (non-hydrogen) atoms. The average Bonchev–Trinajstić information content (AvgIpc) is 3.00. The molecule has 0 aliphatic heterocycles. The van der Waals surface area contributed by atoms with Crippen molar-refractivity contribution in [3.63, 3.8) is 0 Å². The van der Waals surface area contributed by atoms with Gasteiger partial charge < -0.3 is 15.0 Å². The van der Waals surface area contributed by atoms with Crippen LogP contribution in [0.1, 0.15) is 16.1 Å². The molecule has 0 saturated carbocycles. The Bertz CT molecular complexity index is 887. The molecular formula is C14H12N4O3S. The number of H-pyrrole nitrogens is 1. The fraction of sp³-hybridized carbons (Fsp3) is 0.143. The lowest BCUT2D eigenvalue weighted by atomic mass is 10.2. The van der Waals surface area contributed by atoms with Gasteiger partial charge in [0.1, 0.15) is 16.7 Å². The van der Waals surface area contributed by atoms with Gasteiger partial charge in [0, 0.05) is 18.8 Å². The zero-order chi connectivity index (χ0) is 15.5. The second-order valence-electron chi connectivity index (χ2n) is 4.55. The highest BCUT2D eigenvalue weighted by molar-refractivity contribution is 7.00. The number of fused-ring (bicyclic) bond motifs is 1. The number of nitrogens with zero attached hydrogens (tertiary/aromatic N) is 2. The van der Waals surface area contributed by atoms with Gasteiger partial charge in [0.25, 0.3) is 5.91 Å². The van der Waals surface area contributed by atoms with Crippen molar-refractivity contribution in [2.24, 2.45) is 0 Å². The molecule has 0 radical (unpaired) electrons. The van der Waals surface area contributed by atoms with Gasteiger partial charge in [-0.2, -0.15) is 8.75 Å². The highest BCUT2D eigenvalue weighted by Crippen LogP contribution is 2.13. The normalized spacial score (nSPS) is 10.6. The number of methoxy groups -OCH3 is 1. The summed E-state index contributed by atoms with van der Waals surface area (Å²) in [6, 6.07) is 6.81. The monoisotopic (exact) mass is 316 g/mol. The predicted molar refractivity (Wildman–Crippen MR) is 82.2 cm³/mol. The molecule has 8 heteroatoms. The van der Waals surface area contributed by atoms with Crippen molar-refractivity contribution in [1.82, 2.24) is 19.0 Å². The Balaban J connectivity index is 1.71. The van der Waals surface area contributed by atoms with Gasteiger partial charge in [0.15, 0.2) is 5.75 Å². The lowest BCUT2D eigenvalue weighted by Gasteiger charge is -2.06. The number of benzene rings is 1. The molecule has 0 unspecified atom stereocenters. The van der Waals surface area contributed by atoms with E-state index in [1.165, 1.54) is 19.4 Å². The molecule has 0 fully saturated rings. The van der Waals surface area contributed by atoms with E-state index < -0.39 is 0 Å². The Morgan fingerprint density at radius 2 is 2.14 bits per heavy atom. The smallest absolute Gasteiger partial charge is 0.268 e. The summed E-state index contributed by atoms with van der Waals surface area (Å²) in [7, 11) is 1.40. The van der Waals surface area contributed by atoms with E-state index in [1.807, 2.05) is 18.2 Å². The first kappa shape index (κ1) is 14.2. The third-order valence-corrected chi connectivity index (χ3v) is 3.67. The number of nitrogens with one attached hydrogen (secondary N) is 2. The van der Waals surface area contributed by atoms with Gasteiger partial charge in [-0.05, 0) is 17.7 Å². The van der Waals surface area contributed by atoms with Crippen LogP contribution in [0.3, 0.4) is 0 Å². The van der Waals surface area contributed by atoms with Crippen LogP contribution in [0.15, 0.2) is 35.3 Å². The number of carbonyl (C=O) groups is 1. The molecule has 3 rings (SSSR count). The quantitative estimate of drug-likeness (QED) is 0.756. The van der Waals surface area contributed by atoms with E-state index in [2.05, 4.69) is 19.0 Å². The summed E-state index contributed by atoms with van der Waals surface area (Å²) < 4.78 is 13.1. The predicted octanol–water partition coefficient (Wildman–Crippen LogP) is 1.32. The molecule has 0 saturated heterocycles. The van der Waals surface area contributed by atoms with E-state index in [0.29, 0.717) is 6.54 Å². The Morgan fingerprint density at radius 1 is 1.32 bits per heavy atom. The number of aromatic nitrogens is 3. The fourth-order valence-corrected chi connectivity index (χ4v) is 2.48. The summed E-state index contributed by atoms with van der Waals surface area (Å²) in [4.78, 5) is 26.4. The summed E-state index contributed by atoms with van der Waals surface area (Å²) in [6.07, 6.45) is 1.37. The van der Waals surface area contributed by atoms with Crippen molar-refractivity contribution in [1.29, 1.82) is 0 Å². The molecule has 2 heterocycles. The first-order valence-corrected chi connectivity index (χ1v) is 7.16. The maximum atomic E-state index is 12.0. The van der Waals surface area contributed by atoms with E-state index >= 15 is 0 Å². The van der Waals surface area contributed by atoms with Crippen LogP contribution in [0.4, 0.5) is 0 Å². The van der Waals surface area contributed by atoms with Crippen LogP contribution >= 0.6 is 11.7 Å². The summed E-state index contributed by atoms with van der Waals surface area (Å²) >= 11 is 1.15. The van der Waals surface area contributed by atoms with Crippen molar-refractivity contribution in [2.75, 3.05) is 7.11 Å². The van der Waals surface area contributed by atoms with E-state index in [1.54, 1.807) is 0 Å². The number of hydrogen-bond donors (Lipinski definition) is 2. The first-order chi connectivity index (χ1) is 10.7. The number of hydrogen-bond acceptors (Lipinski definition) is 6. The molecule has 1 amide bonds. The standard InChI is InChI=1S/C14H12N4O3S/c1-21-13-7-15-11(5-12(13)19)14(20)16-6-8-2-3-9-10(4-8)18-22-17-9/h2-5,7H,6H2,1H3,(H,15,19)(H,16,20). The van der Waals surface area contributed by atoms with Crippen molar-refractivity contribution in [3.05, 3.63) is 51.9 Å². The number of pyridine rings is 1. The van der Waals surface area contributed by atoms with Crippen LogP contribution in [-0.4, -0.2) is 26.7 Å². The zero-order valence-electron chi connectivity index (χ0n) is 11.6. The van der Waals surface area contributed by atoms with Crippen molar-refractivity contribution in [2.45, 2.75) is 6.54 Å². The number of rotatable bonds is 4. The minimum Gasteiger partial charge on any atom is -0.491 e. The van der Waals surface area contributed by atoms with Gasteiger partial charge in [-0.3, -0.25) is 9.59 Å². The van der Waals surface area contributed by atoms with Crippen LogP contribution in [0.2, 0.25) is 0 Å². The van der Waals surface area contributed by atoms with E-state index in [-0.39, 0.29) is 22.8 Å². The molecule has 0 aliphatic carbocycles. The maximum Gasteiger partial charge on any atom is 0.268 e. The van der Waals surface area contributed by atoms with Gasteiger partial charge >= 0.3 is 0 Å². The molecule has 7 nitrogen and oxygen atoms in total. The van der Waals surface area contributed by atoms with Crippen LogP contribution < -0.4 is 15.5 Å². The number of aromatic amines is 1. The summed E-state index contributed by atoms with van der Waals surface area (Å²) in [5.74, 6) is -0.200. The van der Waals surface area contributed by atoms with Gasteiger partial charge in [-0.25, -0.2) is 0 Å². The zero-order valence-corrected chi connectivity index (χ0v) is 12.4. The molecule has 0 aliphatic rings. The largest absolute Gasteiger partial charge is 0.491 e. The summed E-state index contributed by atoms with van der Waals surface area (Å²) in [5.41, 5.74) is 2.38. The molecule has 0 atom stereocenters. The molecule has 0 spiro atoms. The third kappa shape index (κ3) is 2.82. The number of amides is 1. The van der Waals surface area contributed by atoms with Crippen molar-refractivity contribution >= 4 is 28.7 Å². The third-order valence-electron chi connectivity index (χ3n) is 3.11. The minimum absolute atomic E-state index is 0.165. The maximum absolute atomic E-state index is 12.0. The molecule has 0 bridgehead atoms. The van der Waals surface area contributed by atoms with Crippen LogP contribution in [0, 0.1) is 0 Å². The van der Waals surface area contributed by atoms with Gasteiger partial charge in [-0.15, -0.1) is 0 Å². The number of carbonyl (C=O) groups excluding carboxylic acids is 1. The Labute approximate surface area is 129 Å². The van der Waals surface area contributed by atoms with E-state index in [0.717, 1.165) is 28.3 Å². The van der Waals surface area contributed by atoms with Crippen LogP contribution in [-0.2, 0) is 6.54 Å². The lowest BCUT2D eigenvalue weighted by Crippen LogP contribution is -2.25. The SMILES string of the molecule is COc1c[nH]c(C(=O)NCc2ccc3nsnc3c2)cc1=O. The molecular weight excluding hydrogens is 304 g/mol. The Hall–Kier alpha value is -2.74. The van der Waals surface area contributed by atoms with Crippen molar-refractivity contribution < 1.29 is 9.53 Å². The lowest BCUT2D eigenvalue weighted by molar-refractivity contribution is 0.0945. The van der Waals surface area contributed by atoms with Gasteiger partial charge in [-0.1, -0.05) is 6.07 Å². The van der Waals surface area contributed by atoms with Gasteiger partial charge in [0.2, 0.25) is 5.43 Å².